The lowest BCUT2D eigenvalue weighted by atomic mass is 9.83. The van der Waals surface area contributed by atoms with Crippen LogP contribution >= 0.6 is 0 Å². The zero-order chi connectivity index (χ0) is 17.1. The maximum Gasteiger partial charge on any atom is 0.166 e. The molecule has 0 saturated heterocycles. The lowest BCUT2D eigenvalue weighted by Gasteiger charge is -2.24. The third-order valence-electron chi connectivity index (χ3n) is 5.03. The molecule has 0 unspecified atom stereocenters. The van der Waals surface area contributed by atoms with Crippen LogP contribution in [-0.2, 0) is 6.42 Å². The van der Waals surface area contributed by atoms with Gasteiger partial charge in [0.15, 0.2) is 11.6 Å². The highest BCUT2D eigenvalue weighted by atomic mass is 19.2. The minimum Gasteiger partial charge on any atom is -0.247 e. The molecule has 128 valence electrons. The average molecular weight is 332 g/mol. The van der Waals surface area contributed by atoms with E-state index in [2.05, 4.69) is 0 Å². The van der Waals surface area contributed by atoms with Crippen LogP contribution < -0.4 is 0 Å². The van der Waals surface area contributed by atoms with Crippen LogP contribution in [0.15, 0.2) is 36.4 Å². The molecule has 0 aliphatic heterocycles. The molecular weight excluding hydrogens is 309 g/mol. The highest BCUT2D eigenvalue weighted by Gasteiger charge is 2.22. The molecule has 0 radical (unpaired) electrons. The first kappa shape index (κ1) is 17.1. The standard InChI is InChI=1S/C21H23F3/c1-2-3-17-10-13-19(21(24)20(17)23)16-6-4-14(5-7-16)15-8-11-18(22)12-9-15/h4-7,10,13,15,18H,2-3,8-9,11-12H2,1H3. The second kappa shape index (κ2) is 7.42. The van der Waals surface area contributed by atoms with E-state index in [0.29, 0.717) is 41.9 Å². The van der Waals surface area contributed by atoms with Gasteiger partial charge in [-0.15, -0.1) is 0 Å². The Balaban J connectivity index is 1.82. The third kappa shape index (κ3) is 3.50. The fourth-order valence-corrected chi connectivity index (χ4v) is 3.60. The molecule has 24 heavy (non-hydrogen) atoms. The number of hydrogen-bond donors (Lipinski definition) is 0. The summed E-state index contributed by atoms with van der Waals surface area (Å²) in [5.41, 5.74) is 2.57. The lowest BCUT2D eigenvalue weighted by molar-refractivity contribution is 0.235. The van der Waals surface area contributed by atoms with Gasteiger partial charge in [-0.05, 0) is 54.7 Å². The molecule has 0 bridgehead atoms. The fraction of sp³-hybridized carbons (Fsp3) is 0.429. The molecule has 1 aliphatic rings. The second-order valence-electron chi connectivity index (χ2n) is 6.72. The van der Waals surface area contributed by atoms with E-state index in [9.17, 15) is 13.2 Å². The van der Waals surface area contributed by atoms with E-state index in [1.807, 2.05) is 31.2 Å². The summed E-state index contributed by atoms with van der Waals surface area (Å²) < 4.78 is 41.7. The van der Waals surface area contributed by atoms with E-state index in [1.165, 1.54) is 0 Å². The predicted molar refractivity (Wildman–Crippen MR) is 91.9 cm³/mol. The first-order chi connectivity index (χ1) is 11.6. The van der Waals surface area contributed by atoms with Crippen molar-refractivity contribution in [2.45, 2.75) is 57.5 Å². The molecule has 0 atom stereocenters. The quantitative estimate of drug-likeness (QED) is 0.593. The third-order valence-corrected chi connectivity index (χ3v) is 5.03. The van der Waals surface area contributed by atoms with Gasteiger partial charge in [0.2, 0.25) is 0 Å². The van der Waals surface area contributed by atoms with Gasteiger partial charge < -0.3 is 0 Å². The maximum atomic E-state index is 14.4. The Hall–Kier alpha value is -1.77. The van der Waals surface area contributed by atoms with Gasteiger partial charge in [0, 0.05) is 5.56 Å². The fourth-order valence-electron chi connectivity index (χ4n) is 3.60. The largest absolute Gasteiger partial charge is 0.247 e. The Bertz CT molecular complexity index is 683. The highest BCUT2D eigenvalue weighted by Crippen LogP contribution is 2.35. The summed E-state index contributed by atoms with van der Waals surface area (Å²) in [7, 11) is 0. The van der Waals surface area contributed by atoms with E-state index in [0.717, 1.165) is 24.8 Å². The van der Waals surface area contributed by atoms with E-state index >= 15 is 0 Å². The molecule has 2 aromatic carbocycles. The molecule has 2 aromatic rings. The smallest absolute Gasteiger partial charge is 0.166 e. The summed E-state index contributed by atoms with van der Waals surface area (Å²) in [6.07, 6.45) is 3.60. The summed E-state index contributed by atoms with van der Waals surface area (Å²) in [6, 6.07) is 11.0. The van der Waals surface area contributed by atoms with Crippen molar-refractivity contribution >= 4 is 0 Å². The SMILES string of the molecule is CCCc1ccc(-c2ccc(C3CCC(F)CC3)cc2)c(F)c1F. The molecule has 3 heteroatoms. The molecule has 1 saturated carbocycles. The highest BCUT2D eigenvalue weighted by molar-refractivity contribution is 5.65. The lowest BCUT2D eigenvalue weighted by Crippen LogP contribution is -2.13. The zero-order valence-electron chi connectivity index (χ0n) is 14.0. The minimum absolute atomic E-state index is 0.298. The van der Waals surface area contributed by atoms with Gasteiger partial charge in [0.25, 0.3) is 0 Å². The van der Waals surface area contributed by atoms with E-state index < -0.39 is 17.8 Å². The van der Waals surface area contributed by atoms with E-state index in [4.69, 9.17) is 0 Å². The summed E-state index contributed by atoms with van der Waals surface area (Å²) in [5, 5.41) is 0. The van der Waals surface area contributed by atoms with E-state index in [-0.39, 0.29) is 0 Å². The molecule has 1 fully saturated rings. The number of benzene rings is 2. The van der Waals surface area contributed by atoms with Crippen molar-refractivity contribution in [3.63, 3.8) is 0 Å². The molecule has 0 aromatic heterocycles. The van der Waals surface area contributed by atoms with Gasteiger partial charge in [0.05, 0.1) is 0 Å². The van der Waals surface area contributed by atoms with Crippen LogP contribution in [0.3, 0.4) is 0 Å². The molecule has 3 rings (SSSR count). The zero-order valence-corrected chi connectivity index (χ0v) is 14.0. The van der Waals surface area contributed by atoms with Gasteiger partial charge in [0.1, 0.15) is 6.17 Å². The minimum atomic E-state index is -0.772. The van der Waals surface area contributed by atoms with Gasteiger partial charge in [-0.1, -0.05) is 49.7 Å². The summed E-state index contributed by atoms with van der Waals surface area (Å²) >= 11 is 0. The number of hydrogen-bond acceptors (Lipinski definition) is 0. The van der Waals surface area contributed by atoms with Crippen LogP contribution in [-0.4, -0.2) is 6.17 Å². The molecule has 0 N–H and O–H groups in total. The Morgan fingerprint density at radius 3 is 2.17 bits per heavy atom. The number of aryl methyl sites for hydroxylation is 1. The number of rotatable bonds is 4. The Morgan fingerprint density at radius 1 is 0.875 bits per heavy atom. The van der Waals surface area contributed by atoms with Crippen LogP contribution in [0.4, 0.5) is 13.2 Å². The van der Waals surface area contributed by atoms with Crippen LogP contribution in [0.2, 0.25) is 0 Å². The monoisotopic (exact) mass is 332 g/mol. The average Bonchev–Trinajstić information content (AvgIpc) is 2.60. The Morgan fingerprint density at radius 2 is 1.54 bits per heavy atom. The molecule has 0 amide bonds. The Kier molecular flexibility index (Phi) is 5.27. The summed E-state index contributed by atoms with van der Waals surface area (Å²) in [5.74, 6) is -1.13. The van der Waals surface area contributed by atoms with Gasteiger partial charge >= 0.3 is 0 Å². The van der Waals surface area contributed by atoms with Gasteiger partial charge in [-0.3, -0.25) is 0 Å². The van der Waals surface area contributed by atoms with E-state index in [1.54, 1.807) is 12.1 Å². The van der Waals surface area contributed by atoms with Gasteiger partial charge in [-0.25, -0.2) is 13.2 Å². The maximum absolute atomic E-state index is 14.4. The van der Waals surface area contributed by atoms with Crippen molar-refractivity contribution in [2.24, 2.45) is 0 Å². The van der Waals surface area contributed by atoms with Crippen molar-refractivity contribution in [3.05, 3.63) is 59.2 Å². The molecular formula is C21H23F3. The summed E-state index contributed by atoms with van der Waals surface area (Å²) in [6.45, 7) is 1.94. The molecule has 0 heterocycles. The Labute approximate surface area is 141 Å². The van der Waals surface area contributed by atoms with Gasteiger partial charge in [-0.2, -0.15) is 0 Å². The molecule has 0 nitrogen and oxygen atoms in total. The van der Waals surface area contributed by atoms with Crippen molar-refractivity contribution < 1.29 is 13.2 Å². The van der Waals surface area contributed by atoms with Crippen LogP contribution in [0.5, 0.6) is 0 Å². The van der Waals surface area contributed by atoms with Crippen molar-refractivity contribution in [1.82, 2.24) is 0 Å². The number of halogens is 3. The normalized spacial score (nSPS) is 21.0. The van der Waals surface area contributed by atoms with Crippen molar-refractivity contribution in [2.75, 3.05) is 0 Å². The second-order valence-corrected chi connectivity index (χ2v) is 6.72. The topological polar surface area (TPSA) is 0 Å². The van der Waals surface area contributed by atoms with Crippen LogP contribution in [0.1, 0.15) is 56.1 Å². The van der Waals surface area contributed by atoms with Crippen LogP contribution in [0.25, 0.3) is 11.1 Å². The number of alkyl halides is 1. The summed E-state index contributed by atoms with van der Waals surface area (Å²) in [4.78, 5) is 0. The molecule has 0 spiro atoms. The first-order valence-electron chi connectivity index (χ1n) is 8.81. The van der Waals surface area contributed by atoms with Crippen LogP contribution in [0, 0.1) is 11.6 Å². The molecule has 1 aliphatic carbocycles. The van der Waals surface area contributed by atoms with Crippen molar-refractivity contribution in [3.8, 4) is 11.1 Å². The van der Waals surface area contributed by atoms with Crippen molar-refractivity contribution in [1.29, 1.82) is 0 Å². The first-order valence-corrected chi connectivity index (χ1v) is 8.81. The predicted octanol–water partition coefficient (Wildman–Crippen LogP) is 6.58.